The van der Waals surface area contributed by atoms with E-state index < -0.39 is 6.10 Å². The molecule has 0 aliphatic rings. The number of nitrogens with zero attached hydrogens (tertiary/aromatic N) is 1. The number of aryl methyl sites for hydroxylation is 1. The summed E-state index contributed by atoms with van der Waals surface area (Å²) in [6.07, 6.45) is 0.240. The van der Waals surface area contributed by atoms with Crippen molar-refractivity contribution in [3.8, 4) is 5.75 Å². The van der Waals surface area contributed by atoms with E-state index in [1.807, 2.05) is 6.92 Å². The highest BCUT2D eigenvalue weighted by Gasteiger charge is 2.20. The van der Waals surface area contributed by atoms with Gasteiger partial charge >= 0.3 is 5.97 Å². The molecule has 0 saturated carbocycles. The van der Waals surface area contributed by atoms with Crippen LogP contribution in [0.3, 0.4) is 0 Å². The highest BCUT2D eigenvalue weighted by Crippen LogP contribution is 2.23. The quantitative estimate of drug-likeness (QED) is 0.723. The Morgan fingerprint density at radius 1 is 1.36 bits per heavy atom. The lowest BCUT2D eigenvalue weighted by Gasteiger charge is -2.22. The van der Waals surface area contributed by atoms with Crippen molar-refractivity contribution >= 4 is 23.5 Å². The fraction of sp³-hybridized carbons (Fsp3) is 0.500. The molecule has 0 heterocycles. The molecule has 1 aromatic carbocycles. The van der Waals surface area contributed by atoms with Gasteiger partial charge in [-0.15, -0.1) is 0 Å². The number of methoxy groups -OCH3 is 1. The summed E-state index contributed by atoms with van der Waals surface area (Å²) in [5.41, 5.74) is 0.875. The van der Waals surface area contributed by atoms with Crippen molar-refractivity contribution in [2.45, 2.75) is 32.8 Å². The standard InChI is InChI=1S/C16H22ClNO4/c1-11-10-13(17)7-8-14(11)22-12(2)16(20)18(3)9-5-6-15(19)21-4/h7-8,10,12H,5-6,9H2,1-4H3. The van der Waals surface area contributed by atoms with Gasteiger partial charge in [0.15, 0.2) is 6.10 Å². The van der Waals surface area contributed by atoms with Crippen molar-refractivity contribution in [2.24, 2.45) is 0 Å². The van der Waals surface area contributed by atoms with Crippen molar-refractivity contribution in [1.29, 1.82) is 0 Å². The maximum Gasteiger partial charge on any atom is 0.305 e. The van der Waals surface area contributed by atoms with Gasteiger partial charge in [-0.25, -0.2) is 0 Å². The second-order valence-electron chi connectivity index (χ2n) is 5.11. The second-order valence-corrected chi connectivity index (χ2v) is 5.55. The molecule has 0 spiro atoms. The Balaban J connectivity index is 2.51. The average molecular weight is 328 g/mol. The van der Waals surface area contributed by atoms with E-state index in [-0.39, 0.29) is 11.9 Å². The summed E-state index contributed by atoms with van der Waals surface area (Å²) in [7, 11) is 3.04. The number of hydrogen-bond donors (Lipinski definition) is 0. The van der Waals surface area contributed by atoms with E-state index in [9.17, 15) is 9.59 Å². The molecule has 0 saturated heterocycles. The van der Waals surface area contributed by atoms with Crippen molar-refractivity contribution in [1.82, 2.24) is 4.90 Å². The molecule has 5 nitrogen and oxygen atoms in total. The van der Waals surface area contributed by atoms with Crippen molar-refractivity contribution in [3.05, 3.63) is 28.8 Å². The smallest absolute Gasteiger partial charge is 0.305 e. The Labute approximate surface area is 136 Å². The number of carbonyl (C=O) groups is 2. The Bertz CT molecular complexity index is 533. The van der Waals surface area contributed by atoms with Gasteiger partial charge in [0, 0.05) is 25.0 Å². The van der Waals surface area contributed by atoms with E-state index in [0.29, 0.717) is 30.2 Å². The molecule has 0 radical (unpaired) electrons. The minimum Gasteiger partial charge on any atom is -0.481 e. The molecular weight excluding hydrogens is 306 g/mol. The number of halogens is 1. The number of amides is 1. The molecule has 1 aromatic rings. The van der Waals surface area contributed by atoms with Gasteiger partial charge < -0.3 is 14.4 Å². The lowest BCUT2D eigenvalue weighted by molar-refractivity contribution is -0.142. The second kappa shape index (κ2) is 8.63. The summed E-state index contributed by atoms with van der Waals surface area (Å²) in [6, 6.07) is 5.26. The Morgan fingerprint density at radius 2 is 2.05 bits per heavy atom. The van der Waals surface area contributed by atoms with E-state index in [1.54, 1.807) is 37.1 Å². The van der Waals surface area contributed by atoms with Crippen LogP contribution < -0.4 is 4.74 Å². The third kappa shape index (κ3) is 5.56. The van der Waals surface area contributed by atoms with Crippen molar-refractivity contribution in [2.75, 3.05) is 20.7 Å². The van der Waals surface area contributed by atoms with Crippen LogP contribution in [0.1, 0.15) is 25.3 Å². The van der Waals surface area contributed by atoms with Crippen molar-refractivity contribution in [3.63, 3.8) is 0 Å². The number of likely N-dealkylation sites (N-methyl/N-ethyl adjacent to an activating group) is 1. The molecule has 0 bridgehead atoms. The topological polar surface area (TPSA) is 55.8 Å². The summed E-state index contributed by atoms with van der Waals surface area (Å²) >= 11 is 5.89. The van der Waals surface area contributed by atoms with Gasteiger partial charge in [0.2, 0.25) is 0 Å². The lowest BCUT2D eigenvalue weighted by atomic mass is 10.2. The van der Waals surface area contributed by atoms with Crippen LogP contribution in [0.5, 0.6) is 5.75 Å². The van der Waals surface area contributed by atoms with Gasteiger partial charge in [-0.3, -0.25) is 9.59 Å². The molecule has 0 aliphatic heterocycles. The molecule has 1 atom stereocenters. The molecule has 0 aliphatic carbocycles. The Hall–Kier alpha value is -1.75. The third-order valence-corrected chi connectivity index (χ3v) is 3.50. The first-order valence-electron chi connectivity index (χ1n) is 7.09. The maximum absolute atomic E-state index is 12.2. The molecule has 0 N–H and O–H groups in total. The zero-order valence-electron chi connectivity index (χ0n) is 13.4. The fourth-order valence-corrected chi connectivity index (χ4v) is 2.20. The number of carbonyl (C=O) groups excluding carboxylic acids is 2. The molecule has 122 valence electrons. The lowest BCUT2D eigenvalue weighted by Crippen LogP contribution is -2.38. The first-order valence-corrected chi connectivity index (χ1v) is 7.47. The minimum absolute atomic E-state index is 0.140. The highest BCUT2D eigenvalue weighted by atomic mass is 35.5. The monoisotopic (exact) mass is 327 g/mol. The number of hydrogen-bond acceptors (Lipinski definition) is 4. The van der Waals surface area contributed by atoms with Crippen LogP contribution in [0.15, 0.2) is 18.2 Å². The molecule has 1 amide bonds. The predicted octanol–water partition coefficient (Wildman–Crippen LogP) is 2.83. The molecule has 6 heteroatoms. The summed E-state index contributed by atoms with van der Waals surface area (Å²) in [6.45, 7) is 4.05. The Morgan fingerprint density at radius 3 is 2.64 bits per heavy atom. The highest BCUT2D eigenvalue weighted by molar-refractivity contribution is 6.30. The first kappa shape index (κ1) is 18.3. The zero-order chi connectivity index (χ0) is 16.7. The summed E-state index contributed by atoms with van der Waals surface area (Å²) in [5.74, 6) is 0.217. The van der Waals surface area contributed by atoms with E-state index in [4.69, 9.17) is 16.3 Å². The summed E-state index contributed by atoms with van der Waals surface area (Å²) < 4.78 is 10.3. The predicted molar refractivity (Wildman–Crippen MR) is 85.2 cm³/mol. The molecule has 0 aromatic heterocycles. The zero-order valence-corrected chi connectivity index (χ0v) is 14.1. The van der Waals surface area contributed by atoms with Gasteiger partial charge in [-0.1, -0.05) is 11.6 Å². The van der Waals surface area contributed by atoms with E-state index in [1.165, 1.54) is 7.11 Å². The van der Waals surface area contributed by atoms with Gasteiger partial charge in [0.1, 0.15) is 5.75 Å². The van der Waals surface area contributed by atoms with Crippen LogP contribution in [-0.4, -0.2) is 43.6 Å². The van der Waals surface area contributed by atoms with Crippen LogP contribution in [0.2, 0.25) is 5.02 Å². The number of ether oxygens (including phenoxy) is 2. The SMILES string of the molecule is COC(=O)CCCN(C)C(=O)C(C)Oc1ccc(Cl)cc1C. The van der Waals surface area contributed by atoms with Crippen molar-refractivity contribution < 1.29 is 19.1 Å². The van der Waals surface area contributed by atoms with E-state index >= 15 is 0 Å². The van der Waals surface area contributed by atoms with Gasteiger partial charge in [0.05, 0.1) is 7.11 Å². The van der Waals surface area contributed by atoms with Crippen LogP contribution in [0.25, 0.3) is 0 Å². The number of benzene rings is 1. The molecular formula is C16H22ClNO4. The van der Waals surface area contributed by atoms with Gasteiger partial charge in [0.25, 0.3) is 5.91 Å². The normalized spacial score (nSPS) is 11.7. The van der Waals surface area contributed by atoms with Crippen LogP contribution in [0.4, 0.5) is 0 Å². The van der Waals surface area contributed by atoms with E-state index in [0.717, 1.165) is 5.56 Å². The Kier molecular flexibility index (Phi) is 7.18. The first-order chi connectivity index (χ1) is 10.3. The average Bonchev–Trinajstić information content (AvgIpc) is 2.48. The third-order valence-electron chi connectivity index (χ3n) is 3.27. The van der Waals surface area contributed by atoms with E-state index in [2.05, 4.69) is 4.74 Å². The number of rotatable bonds is 7. The molecule has 1 unspecified atom stereocenters. The molecule has 22 heavy (non-hydrogen) atoms. The summed E-state index contributed by atoms with van der Waals surface area (Å²) in [4.78, 5) is 24.8. The van der Waals surface area contributed by atoms with Gasteiger partial charge in [-0.2, -0.15) is 0 Å². The largest absolute Gasteiger partial charge is 0.481 e. The van der Waals surface area contributed by atoms with Crippen LogP contribution in [0, 0.1) is 6.92 Å². The fourth-order valence-electron chi connectivity index (χ4n) is 1.97. The van der Waals surface area contributed by atoms with Crippen LogP contribution in [-0.2, 0) is 14.3 Å². The minimum atomic E-state index is -0.608. The van der Waals surface area contributed by atoms with Crippen LogP contribution >= 0.6 is 11.6 Å². The molecule has 0 fully saturated rings. The molecule has 1 rings (SSSR count). The summed E-state index contributed by atoms with van der Waals surface area (Å²) in [5, 5.41) is 0.628. The maximum atomic E-state index is 12.2. The van der Waals surface area contributed by atoms with Gasteiger partial charge in [-0.05, 0) is 44.0 Å². The number of esters is 1.